The van der Waals surface area contributed by atoms with Gasteiger partial charge in [-0.1, -0.05) is 36.4 Å². The van der Waals surface area contributed by atoms with Crippen LogP contribution in [0.5, 0.6) is 5.75 Å². The van der Waals surface area contributed by atoms with E-state index in [1.807, 2.05) is 24.3 Å². The average Bonchev–Trinajstić information content (AvgIpc) is 2.79. The Morgan fingerprint density at radius 2 is 1.45 bits per heavy atom. The molecule has 3 aromatic carbocycles. The fourth-order valence-corrected chi connectivity index (χ4v) is 4.08. The molecule has 0 aromatic heterocycles. The fraction of sp³-hybridized carbons (Fsp3) is 0.240. The van der Waals surface area contributed by atoms with Crippen LogP contribution >= 0.6 is 0 Å². The highest BCUT2D eigenvalue weighted by atomic mass is 19.1. The Kier molecular flexibility index (Phi) is 6.00. The van der Waals surface area contributed by atoms with Crippen LogP contribution in [0.1, 0.15) is 41.2 Å². The summed E-state index contributed by atoms with van der Waals surface area (Å²) in [5, 5.41) is 10.5. The van der Waals surface area contributed by atoms with Crippen molar-refractivity contribution in [3.05, 3.63) is 101 Å². The van der Waals surface area contributed by atoms with E-state index in [1.54, 1.807) is 36.3 Å². The summed E-state index contributed by atoms with van der Waals surface area (Å²) in [7, 11) is 1.59. The molecule has 0 saturated carbocycles. The number of methoxy groups -OCH3 is 1. The van der Waals surface area contributed by atoms with Gasteiger partial charge in [0.15, 0.2) is 0 Å². The number of β-lactam (4-membered cyclic amide) rings is 1. The Morgan fingerprint density at radius 3 is 2.03 bits per heavy atom. The number of aliphatic hydroxyl groups excluding tert-OH is 1. The number of likely N-dealkylation sites (tertiary alicyclic amines) is 1. The molecule has 1 aliphatic heterocycles. The van der Waals surface area contributed by atoms with Gasteiger partial charge in [-0.2, -0.15) is 0 Å². The number of nitrogens with zero attached hydrogens (tertiary/aromatic N) is 1. The molecule has 160 valence electrons. The van der Waals surface area contributed by atoms with Crippen molar-refractivity contribution in [2.45, 2.75) is 24.5 Å². The zero-order valence-electron chi connectivity index (χ0n) is 17.0. The van der Waals surface area contributed by atoms with Gasteiger partial charge in [-0.05, 0) is 59.5 Å². The minimum atomic E-state index is -0.810. The first kappa shape index (κ1) is 21.0. The van der Waals surface area contributed by atoms with Crippen molar-refractivity contribution in [2.24, 2.45) is 0 Å². The summed E-state index contributed by atoms with van der Waals surface area (Å²) in [5.74, 6) is -0.493. The van der Waals surface area contributed by atoms with Gasteiger partial charge < -0.3 is 14.7 Å². The monoisotopic (exact) mass is 423 g/mol. The second kappa shape index (κ2) is 8.86. The predicted octanol–water partition coefficient (Wildman–Crippen LogP) is 4.76. The lowest BCUT2D eigenvalue weighted by molar-refractivity contribution is -0.151. The van der Waals surface area contributed by atoms with Gasteiger partial charge in [0.05, 0.1) is 25.2 Å². The average molecular weight is 423 g/mol. The summed E-state index contributed by atoms with van der Waals surface area (Å²) in [4.78, 5) is 14.7. The number of carbonyl (C=O) groups is 1. The molecule has 3 aromatic rings. The second-order valence-corrected chi connectivity index (χ2v) is 7.63. The van der Waals surface area contributed by atoms with Crippen LogP contribution in [0.2, 0.25) is 0 Å². The van der Waals surface area contributed by atoms with E-state index in [9.17, 15) is 18.7 Å². The van der Waals surface area contributed by atoms with Gasteiger partial charge in [0, 0.05) is 6.54 Å². The van der Waals surface area contributed by atoms with Crippen LogP contribution < -0.4 is 4.74 Å². The molecule has 1 aliphatic rings. The van der Waals surface area contributed by atoms with Crippen LogP contribution in [-0.4, -0.2) is 29.6 Å². The Hall–Kier alpha value is -3.25. The standard InChI is InChI=1S/C25H23F2NO3/c1-31-21-12-6-18(7-13-21)24-23(17-4-10-20(27)11-5-17)25(30)28(24)15-14-22(29)16-2-8-19(26)9-3-16/h2-13,22-24,29H,14-15H2,1H3/t22-,23-,24-/m0/s1. The van der Waals surface area contributed by atoms with E-state index < -0.39 is 12.0 Å². The number of amides is 1. The lowest BCUT2D eigenvalue weighted by atomic mass is 9.77. The van der Waals surface area contributed by atoms with Crippen LogP contribution in [0.25, 0.3) is 0 Å². The number of hydrogen-bond acceptors (Lipinski definition) is 3. The van der Waals surface area contributed by atoms with Crippen molar-refractivity contribution < 1.29 is 23.4 Å². The molecule has 31 heavy (non-hydrogen) atoms. The van der Waals surface area contributed by atoms with E-state index in [1.165, 1.54) is 24.3 Å². The number of benzene rings is 3. The molecule has 3 atom stereocenters. The second-order valence-electron chi connectivity index (χ2n) is 7.63. The van der Waals surface area contributed by atoms with Gasteiger partial charge in [-0.25, -0.2) is 8.78 Å². The topological polar surface area (TPSA) is 49.8 Å². The largest absolute Gasteiger partial charge is 0.497 e. The Bertz CT molecular complexity index is 1040. The molecule has 0 bridgehead atoms. The van der Waals surface area contributed by atoms with E-state index in [-0.39, 0.29) is 23.6 Å². The van der Waals surface area contributed by atoms with Gasteiger partial charge in [-0.3, -0.25) is 4.79 Å². The van der Waals surface area contributed by atoms with E-state index >= 15 is 0 Å². The first-order valence-electron chi connectivity index (χ1n) is 10.1. The molecule has 1 fully saturated rings. The molecule has 0 radical (unpaired) electrons. The molecule has 0 spiro atoms. The van der Waals surface area contributed by atoms with Crippen molar-refractivity contribution in [3.63, 3.8) is 0 Å². The van der Waals surface area contributed by atoms with Gasteiger partial charge in [0.1, 0.15) is 17.4 Å². The predicted molar refractivity (Wildman–Crippen MR) is 113 cm³/mol. The number of hydrogen-bond donors (Lipinski definition) is 1. The number of halogens is 2. The minimum absolute atomic E-state index is 0.0706. The number of ether oxygens (including phenoxy) is 1. The fourth-order valence-electron chi connectivity index (χ4n) is 4.08. The number of aliphatic hydroxyl groups is 1. The van der Waals surface area contributed by atoms with E-state index in [4.69, 9.17) is 4.74 Å². The van der Waals surface area contributed by atoms with Crippen molar-refractivity contribution in [1.82, 2.24) is 4.90 Å². The third-order valence-electron chi connectivity index (χ3n) is 5.79. The summed E-state index contributed by atoms with van der Waals surface area (Å²) in [6, 6.07) is 18.9. The van der Waals surface area contributed by atoms with Crippen LogP contribution in [0.15, 0.2) is 72.8 Å². The Balaban J connectivity index is 1.55. The summed E-state index contributed by atoms with van der Waals surface area (Å²) in [6.07, 6.45) is -0.491. The third kappa shape index (κ3) is 4.30. The molecular weight excluding hydrogens is 400 g/mol. The Morgan fingerprint density at radius 1 is 0.903 bits per heavy atom. The first-order valence-corrected chi connectivity index (χ1v) is 10.1. The molecule has 0 unspecified atom stereocenters. The summed E-state index contributed by atoms with van der Waals surface area (Å²) in [6.45, 7) is 0.339. The zero-order valence-corrected chi connectivity index (χ0v) is 17.0. The number of carbonyl (C=O) groups excluding carboxylic acids is 1. The maximum atomic E-state index is 13.4. The van der Waals surface area contributed by atoms with Crippen molar-refractivity contribution in [3.8, 4) is 5.75 Å². The molecule has 0 aliphatic carbocycles. The molecular formula is C25H23F2NO3. The lowest BCUT2D eigenvalue weighted by Gasteiger charge is -2.48. The maximum Gasteiger partial charge on any atom is 0.233 e. The summed E-state index contributed by atoms with van der Waals surface area (Å²) < 4.78 is 31.7. The third-order valence-corrected chi connectivity index (χ3v) is 5.79. The first-order chi connectivity index (χ1) is 15.0. The van der Waals surface area contributed by atoms with Crippen molar-refractivity contribution >= 4 is 5.91 Å². The molecule has 1 N–H and O–H groups in total. The molecule has 1 saturated heterocycles. The summed E-state index contributed by atoms with van der Waals surface area (Å²) in [5.41, 5.74) is 2.29. The normalized spacial score (nSPS) is 19.1. The molecule has 4 rings (SSSR count). The quantitative estimate of drug-likeness (QED) is 0.558. The highest BCUT2D eigenvalue weighted by Crippen LogP contribution is 2.47. The van der Waals surface area contributed by atoms with Crippen LogP contribution in [0.4, 0.5) is 8.78 Å². The molecule has 4 nitrogen and oxygen atoms in total. The highest BCUT2D eigenvalue weighted by Gasteiger charge is 2.48. The van der Waals surface area contributed by atoms with E-state index in [0.29, 0.717) is 24.3 Å². The van der Waals surface area contributed by atoms with Gasteiger partial charge >= 0.3 is 0 Å². The van der Waals surface area contributed by atoms with Crippen molar-refractivity contribution in [1.29, 1.82) is 0 Å². The van der Waals surface area contributed by atoms with Crippen LogP contribution in [0.3, 0.4) is 0 Å². The Labute approximate surface area is 179 Å². The number of rotatable bonds is 7. The minimum Gasteiger partial charge on any atom is -0.497 e. The molecule has 6 heteroatoms. The maximum absolute atomic E-state index is 13.4. The SMILES string of the molecule is COc1ccc([C@H]2[C@H](c3ccc(F)cc3)C(=O)N2CC[C@H](O)c2ccc(F)cc2)cc1. The van der Waals surface area contributed by atoms with E-state index in [2.05, 4.69) is 0 Å². The lowest BCUT2D eigenvalue weighted by Crippen LogP contribution is -2.53. The van der Waals surface area contributed by atoms with Gasteiger partial charge in [0.25, 0.3) is 0 Å². The summed E-state index contributed by atoms with van der Waals surface area (Å²) >= 11 is 0. The van der Waals surface area contributed by atoms with Crippen molar-refractivity contribution in [2.75, 3.05) is 13.7 Å². The highest BCUT2D eigenvalue weighted by molar-refractivity contribution is 5.91. The van der Waals surface area contributed by atoms with Gasteiger partial charge in [0.2, 0.25) is 5.91 Å². The molecule has 1 amide bonds. The smallest absolute Gasteiger partial charge is 0.233 e. The molecule has 1 heterocycles. The van der Waals surface area contributed by atoms with Gasteiger partial charge in [-0.15, -0.1) is 0 Å². The van der Waals surface area contributed by atoms with Crippen LogP contribution in [-0.2, 0) is 4.79 Å². The van der Waals surface area contributed by atoms with E-state index in [0.717, 1.165) is 11.1 Å². The zero-order chi connectivity index (χ0) is 22.0. The van der Waals surface area contributed by atoms with Crippen LogP contribution in [0, 0.1) is 11.6 Å².